The normalized spacial score (nSPS) is 13.5. The van der Waals surface area contributed by atoms with Crippen LogP contribution in [0.5, 0.6) is 0 Å². The van der Waals surface area contributed by atoms with Crippen molar-refractivity contribution < 1.29 is 9.18 Å². The van der Waals surface area contributed by atoms with Crippen molar-refractivity contribution >= 4 is 17.7 Å². The maximum Gasteiger partial charge on any atom is 0.343 e. The number of rotatable bonds is 7. The maximum absolute atomic E-state index is 13.0. The highest BCUT2D eigenvalue weighted by Gasteiger charge is 2.20. The Kier molecular flexibility index (Phi) is 6.19. The average Bonchev–Trinajstić information content (AvgIpc) is 2.89. The SMILES string of the molecule is CCCn1c(S[C@H](C)C(=O)N[C@H](C)c2ccc(F)cc2)n[nH]c1=O. The first kappa shape index (κ1) is 18.3. The first-order chi connectivity index (χ1) is 11.4. The standard InChI is InChI=1S/C16H21FN4O2S/c1-4-9-21-15(23)19-20-16(21)24-11(3)14(22)18-10(2)12-5-7-13(17)8-6-12/h5-8,10-11H,4,9H2,1-3H3,(H,18,22)(H,19,23)/t10-,11-/m1/s1. The number of amides is 1. The number of thioether (sulfide) groups is 1. The van der Waals surface area contributed by atoms with Gasteiger partial charge in [0.2, 0.25) is 5.91 Å². The van der Waals surface area contributed by atoms with Crippen LogP contribution in [0.4, 0.5) is 4.39 Å². The molecule has 0 aliphatic heterocycles. The molecule has 24 heavy (non-hydrogen) atoms. The molecule has 0 spiro atoms. The van der Waals surface area contributed by atoms with Gasteiger partial charge in [-0.05, 0) is 38.0 Å². The van der Waals surface area contributed by atoms with E-state index in [9.17, 15) is 14.0 Å². The van der Waals surface area contributed by atoms with Crippen LogP contribution in [0.3, 0.4) is 0 Å². The molecule has 130 valence electrons. The van der Waals surface area contributed by atoms with Crippen LogP contribution in [0.15, 0.2) is 34.2 Å². The smallest absolute Gasteiger partial charge is 0.343 e. The van der Waals surface area contributed by atoms with Gasteiger partial charge in [-0.1, -0.05) is 30.8 Å². The van der Waals surface area contributed by atoms with Gasteiger partial charge in [-0.3, -0.25) is 9.36 Å². The molecule has 0 aliphatic carbocycles. The Hall–Kier alpha value is -2.09. The van der Waals surface area contributed by atoms with Crippen LogP contribution < -0.4 is 11.0 Å². The minimum Gasteiger partial charge on any atom is -0.349 e. The summed E-state index contributed by atoms with van der Waals surface area (Å²) < 4.78 is 14.5. The van der Waals surface area contributed by atoms with E-state index in [1.807, 2.05) is 13.8 Å². The number of carbonyl (C=O) groups is 1. The minimum atomic E-state index is -0.418. The summed E-state index contributed by atoms with van der Waals surface area (Å²) in [7, 11) is 0. The molecule has 0 fully saturated rings. The highest BCUT2D eigenvalue weighted by Crippen LogP contribution is 2.21. The molecule has 0 aliphatic rings. The van der Waals surface area contributed by atoms with Gasteiger partial charge < -0.3 is 5.32 Å². The molecule has 2 N–H and O–H groups in total. The predicted molar refractivity (Wildman–Crippen MR) is 91.4 cm³/mol. The van der Waals surface area contributed by atoms with Crippen LogP contribution in [0, 0.1) is 5.82 Å². The van der Waals surface area contributed by atoms with Crippen LogP contribution in [0.2, 0.25) is 0 Å². The van der Waals surface area contributed by atoms with Crippen LogP contribution >= 0.6 is 11.8 Å². The molecule has 1 amide bonds. The summed E-state index contributed by atoms with van der Waals surface area (Å²) >= 11 is 1.23. The molecule has 6 nitrogen and oxygen atoms in total. The molecule has 1 aromatic carbocycles. The van der Waals surface area contributed by atoms with E-state index >= 15 is 0 Å². The zero-order valence-corrected chi connectivity index (χ0v) is 14.7. The topological polar surface area (TPSA) is 79.8 Å². The van der Waals surface area contributed by atoms with E-state index in [2.05, 4.69) is 15.5 Å². The third kappa shape index (κ3) is 4.47. The second-order valence-corrected chi connectivity index (χ2v) is 6.81. The lowest BCUT2D eigenvalue weighted by molar-refractivity contribution is -0.120. The second-order valence-electron chi connectivity index (χ2n) is 5.50. The van der Waals surface area contributed by atoms with Crippen molar-refractivity contribution in [1.29, 1.82) is 0 Å². The van der Waals surface area contributed by atoms with Crippen molar-refractivity contribution in [3.8, 4) is 0 Å². The molecule has 0 unspecified atom stereocenters. The maximum atomic E-state index is 13.0. The summed E-state index contributed by atoms with van der Waals surface area (Å²) in [5.74, 6) is -0.482. The number of benzene rings is 1. The quantitative estimate of drug-likeness (QED) is 0.750. The molecule has 0 radical (unpaired) electrons. The average molecular weight is 352 g/mol. The first-order valence-corrected chi connectivity index (χ1v) is 8.68. The zero-order valence-electron chi connectivity index (χ0n) is 13.9. The Balaban J connectivity index is 1.99. The van der Waals surface area contributed by atoms with E-state index in [1.54, 1.807) is 19.1 Å². The van der Waals surface area contributed by atoms with Crippen molar-refractivity contribution in [1.82, 2.24) is 20.1 Å². The lowest BCUT2D eigenvalue weighted by Crippen LogP contribution is -2.33. The van der Waals surface area contributed by atoms with Gasteiger partial charge in [-0.25, -0.2) is 14.3 Å². The molecule has 8 heteroatoms. The Bertz CT molecular complexity index is 741. The molecule has 2 atom stereocenters. The number of nitrogens with zero attached hydrogens (tertiary/aromatic N) is 2. The van der Waals surface area contributed by atoms with E-state index in [-0.39, 0.29) is 23.5 Å². The largest absolute Gasteiger partial charge is 0.349 e. The number of hydrogen-bond acceptors (Lipinski definition) is 4. The second kappa shape index (κ2) is 8.14. The summed E-state index contributed by atoms with van der Waals surface area (Å²) in [4.78, 5) is 24.0. The van der Waals surface area contributed by atoms with E-state index in [0.717, 1.165) is 12.0 Å². The van der Waals surface area contributed by atoms with E-state index < -0.39 is 5.25 Å². The van der Waals surface area contributed by atoms with Crippen molar-refractivity contribution in [3.05, 3.63) is 46.1 Å². The van der Waals surface area contributed by atoms with Gasteiger partial charge in [0, 0.05) is 6.54 Å². The minimum absolute atomic E-state index is 0.171. The highest BCUT2D eigenvalue weighted by atomic mass is 32.2. The molecule has 0 saturated carbocycles. The van der Waals surface area contributed by atoms with Gasteiger partial charge >= 0.3 is 5.69 Å². The van der Waals surface area contributed by atoms with E-state index in [1.165, 1.54) is 28.5 Å². The first-order valence-electron chi connectivity index (χ1n) is 7.80. The number of carbonyl (C=O) groups excluding carboxylic acids is 1. The zero-order chi connectivity index (χ0) is 17.7. The van der Waals surface area contributed by atoms with E-state index in [0.29, 0.717) is 11.7 Å². The lowest BCUT2D eigenvalue weighted by Gasteiger charge is -2.17. The number of hydrogen-bond donors (Lipinski definition) is 2. The summed E-state index contributed by atoms with van der Waals surface area (Å²) in [5, 5.41) is 9.35. The molecule has 2 rings (SSSR count). The number of H-pyrrole nitrogens is 1. The third-order valence-corrected chi connectivity index (χ3v) is 4.64. The van der Waals surface area contributed by atoms with Gasteiger partial charge in [0.15, 0.2) is 5.16 Å². The van der Waals surface area contributed by atoms with Gasteiger partial charge in [0.05, 0.1) is 11.3 Å². The predicted octanol–water partition coefficient (Wildman–Crippen LogP) is 2.48. The van der Waals surface area contributed by atoms with Gasteiger partial charge in [0.25, 0.3) is 0 Å². The van der Waals surface area contributed by atoms with Crippen molar-refractivity contribution in [3.63, 3.8) is 0 Å². The Morgan fingerprint density at radius 1 is 1.38 bits per heavy atom. The number of nitrogens with one attached hydrogen (secondary N) is 2. The van der Waals surface area contributed by atoms with Crippen LogP contribution in [-0.2, 0) is 11.3 Å². The highest BCUT2D eigenvalue weighted by molar-refractivity contribution is 8.00. The third-order valence-electron chi connectivity index (χ3n) is 3.55. The fourth-order valence-corrected chi connectivity index (χ4v) is 3.08. The van der Waals surface area contributed by atoms with Crippen LogP contribution in [0.25, 0.3) is 0 Å². The molecule has 0 bridgehead atoms. The van der Waals surface area contributed by atoms with Crippen molar-refractivity contribution in [2.24, 2.45) is 0 Å². The van der Waals surface area contributed by atoms with Crippen LogP contribution in [-0.4, -0.2) is 25.9 Å². The summed E-state index contributed by atoms with van der Waals surface area (Å²) in [6.07, 6.45) is 0.801. The fraction of sp³-hybridized carbons (Fsp3) is 0.438. The molecule has 2 aromatic rings. The molecule has 1 aromatic heterocycles. The summed E-state index contributed by atoms with van der Waals surface area (Å²) in [6, 6.07) is 5.78. The van der Waals surface area contributed by atoms with E-state index in [4.69, 9.17) is 0 Å². The summed E-state index contributed by atoms with van der Waals surface area (Å²) in [5.41, 5.74) is 0.552. The fourth-order valence-electron chi connectivity index (χ4n) is 2.19. The van der Waals surface area contributed by atoms with Gasteiger partial charge in [-0.2, -0.15) is 0 Å². The van der Waals surface area contributed by atoms with Gasteiger partial charge in [-0.15, -0.1) is 5.10 Å². The Morgan fingerprint density at radius 2 is 2.04 bits per heavy atom. The molecule has 0 saturated heterocycles. The molecular weight excluding hydrogens is 331 g/mol. The number of halogens is 1. The summed E-state index contributed by atoms with van der Waals surface area (Å²) in [6.45, 7) is 6.11. The Morgan fingerprint density at radius 3 is 2.67 bits per heavy atom. The van der Waals surface area contributed by atoms with Crippen molar-refractivity contribution in [2.45, 2.75) is 50.2 Å². The molecular formula is C16H21FN4O2S. The number of aromatic amines is 1. The van der Waals surface area contributed by atoms with Crippen LogP contribution in [0.1, 0.15) is 38.8 Å². The van der Waals surface area contributed by atoms with Crippen molar-refractivity contribution in [2.75, 3.05) is 0 Å². The number of aromatic nitrogens is 3. The molecule has 1 heterocycles. The lowest BCUT2D eigenvalue weighted by atomic mass is 10.1. The Labute approximate surface area is 143 Å². The van der Waals surface area contributed by atoms with Gasteiger partial charge in [0.1, 0.15) is 5.82 Å². The monoisotopic (exact) mass is 352 g/mol.